The Morgan fingerprint density at radius 2 is 1.80 bits per heavy atom. The summed E-state index contributed by atoms with van der Waals surface area (Å²) in [5, 5.41) is 4.39. The fourth-order valence-corrected chi connectivity index (χ4v) is 2.43. The second kappa shape index (κ2) is 6.57. The Bertz CT molecular complexity index is 591. The van der Waals surface area contributed by atoms with Crippen LogP contribution in [0.15, 0.2) is 36.4 Å². The van der Waals surface area contributed by atoms with Crippen LogP contribution in [0.3, 0.4) is 0 Å². The number of hydrogen-bond donors (Lipinski definition) is 1. The van der Waals surface area contributed by atoms with Crippen LogP contribution in [0.1, 0.15) is 19.4 Å². The Morgan fingerprint density at radius 3 is 2.45 bits per heavy atom. The van der Waals surface area contributed by atoms with Crippen molar-refractivity contribution in [2.75, 3.05) is 0 Å². The molecule has 20 heavy (non-hydrogen) atoms. The van der Waals surface area contributed by atoms with Crippen molar-refractivity contribution in [3.05, 3.63) is 57.8 Å². The smallest absolute Gasteiger partial charge is 0.125 e. The van der Waals surface area contributed by atoms with Gasteiger partial charge in [-0.15, -0.1) is 0 Å². The topological polar surface area (TPSA) is 12.0 Å². The molecule has 0 unspecified atom stereocenters. The Labute approximate surface area is 128 Å². The van der Waals surface area contributed by atoms with E-state index in [1.165, 1.54) is 12.1 Å². The summed E-state index contributed by atoms with van der Waals surface area (Å²) in [7, 11) is 0. The lowest BCUT2D eigenvalue weighted by atomic mass is 9.99. The molecular weight excluding hydrogens is 296 g/mol. The van der Waals surface area contributed by atoms with Crippen LogP contribution in [-0.4, -0.2) is 6.04 Å². The van der Waals surface area contributed by atoms with Crippen LogP contribution in [-0.2, 0) is 6.54 Å². The molecule has 2 aromatic rings. The van der Waals surface area contributed by atoms with Gasteiger partial charge in [0.25, 0.3) is 0 Å². The predicted octanol–water partition coefficient (Wildman–Crippen LogP) is 5.30. The number of benzene rings is 2. The monoisotopic (exact) mass is 311 g/mol. The van der Waals surface area contributed by atoms with Crippen molar-refractivity contribution >= 4 is 23.2 Å². The van der Waals surface area contributed by atoms with Gasteiger partial charge in [-0.05, 0) is 47.0 Å². The highest BCUT2D eigenvalue weighted by molar-refractivity contribution is 6.31. The summed E-state index contributed by atoms with van der Waals surface area (Å²) in [5.74, 6) is -0.342. The lowest BCUT2D eigenvalue weighted by Gasteiger charge is -2.14. The van der Waals surface area contributed by atoms with Gasteiger partial charge < -0.3 is 5.32 Å². The summed E-state index contributed by atoms with van der Waals surface area (Å²) in [4.78, 5) is 0. The van der Waals surface area contributed by atoms with Crippen LogP contribution in [0, 0.1) is 5.82 Å². The molecule has 0 amide bonds. The van der Waals surface area contributed by atoms with Crippen molar-refractivity contribution in [1.29, 1.82) is 0 Å². The van der Waals surface area contributed by atoms with Crippen molar-refractivity contribution in [1.82, 2.24) is 5.32 Å². The van der Waals surface area contributed by atoms with Gasteiger partial charge in [-0.1, -0.05) is 43.1 Å². The lowest BCUT2D eigenvalue weighted by molar-refractivity contribution is 0.589. The van der Waals surface area contributed by atoms with E-state index in [0.29, 0.717) is 22.6 Å². The summed E-state index contributed by atoms with van der Waals surface area (Å²) in [6.07, 6.45) is 0. The van der Waals surface area contributed by atoms with Gasteiger partial charge in [0.15, 0.2) is 0 Å². The third-order valence-electron chi connectivity index (χ3n) is 2.94. The molecule has 0 aromatic heterocycles. The summed E-state index contributed by atoms with van der Waals surface area (Å²) in [5.41, 5.74) is 2.71. The van der Waals surface area contributed by atoms with Gasteiger partial charge >= 0.3 is 0 Å². The maximum absolute atomic E-state index is 13.5. The summed E-state index contributed by atoms with van der Waals surface area (Å²) >= 11 is 12.0. The molecule has 0 saturated carbocycles. The minimum Gasteiger partial charge on any atom is -0.310 e. The average Bonchev–Trinajstić information content (AvgIpc) is 2.35. The molecule has 1 nitrogen and oxygen atoms in total. The highest BCUT2D eigenvalue weighted by Gasteiger charge is 2.09. The molecule has 1 N–H and O–H groups in total. The first-order valence-electron chi connectivity index (χ1n) is 6.44. The first kappa shape index (κ1) is 15.3. The summed E-state index contributed by atoms with van der Waals surface area (Å²) < 4.78 is 13.5. The highest BCUT2D eigenvalue weighted by atomic mass is 35.5. The van der Waals surface area contributed by atoms with Gasteiger partial charge in [-0.3, -0.25) is 0 Å². The molecular formula is C16H16Cl2FN. The average molecular weight is 312 g/mol. The van der Waals surface area contributed by atoms with E-state index >= 15 is 0 Å². The first-order chi connectivity index (χ1) is 9.45. The number of halogens is 3. The Morgan fingerprint density at radius 1 is 1.05 bits per heavy atom. The van der Waals surface area contributed by atoms with Gasteiger partial charge in [-0.2, -0.15) is 0 Å². The zero-order valence-electron chi connectivity index (χ0n) is 11.4. The van der Waals surface area contributed by atoms with E-state index in [1.807, 2.05) is 12.1 Å². The van der Waals surface area contributed by atoms with Crippen molar-refractivity contribution < 1.29 is 4.39 Å². The minimum atomic E-state index is -0.342. The van der Waals surface area contributed by atoms with Gasteiger partial charge in [0, 0.05) is 22.6 Å². The minimum absolute atomic E-state index is 0.342. The van der Waals surface area contributed by atoms with Crippen molar-refractivity contribution in [3.8, 4) is 11.1 Å². The van der Waals surface area contributed by atoms with Crippen molar-refractivity contribution in [2.45, 2.75) is 26.4 Å². The zero-order valence-corrected chi connectivity index (χ0v) is 12.9. The first-order valence-corrected chi connectivity index (χ1v) is 7.19. The second-order valence-corrected chi connectivity index (χ2v) is 5.87. The van der Waals surface area contributed by atoms with E-state index in [-0.39, 0.29) is 5.82 Å². The maximum atomic E-state index is 13.5. The van der Waals surface area contributed by atoms with E-state index in [1.54, 1.807) is 12.1 Å². The molecule has 0 radical (unpaired) electrons. The third kappa shape index (κ3) is 3.95. The highest BCUT2D eigenvalue weighted by Crippen LogP contribution is 2.29. The SMILES string of the molecule is CC(C)NCc1cc(Cl)ccc1-c1cc(F)cc(Cl)c1. The number of rotatable bonds is 4. The zero-order chi connectivity index (χ0) is 14.7. The molecule has 0 aliphatic heterocycles. The Kier molecular flexibility index (Phi) is 5.03. The fourth-order valence-electron chi connectivity index (χ4n) is 2.01. The molecule has 2 aromatic carbocycles. The fraction of sp³-hybridized carbons (Fsp3) is 0.250. The van der Waals surface area contributed by atoms with E-state index in [4.69, 9.17) is 23.2 Å². The van der Waals surface area contributed by atoms with Gasteiger partial charge in [-0.25, -0.2) is 4.39 Å². The van der Waals surface area contributed by atoms with Crippen LogP contribution in [0.25, 0.3) is 11.1 Å². The molecule has 2 rings (SSSR count). The normalized spacial score (nSPS) is 11.1. The maximum Gasteiger partial charge on any atom is 0.125 e. The molecule has 0 aliphatic carbocycles. The van der Waals surface area contributed by atoms with Crippen LogP contribution in [0.4, 0.5) is 4.39 Å². The van der Waals surface area contributed by atoms with Crippen LogP contribution < -0.4 is 5.32 Å². The Hall–Kier alpha value is -1.09. The van der Waals surface area contributed by atoms with Gasteiger partial charge in [0.05, 0.1) is 0 Å². The third-order valence-corrected chi connectivity index (χ3v) is 3.39. The lowest BCUT2D eigenvalue weighted by Crippen LogP contribution is -2.22. The van der Waals surface area contributed by atoms with Crippen molar-refractivity contribution in [3.63, 3.8) is 0 Å². The van der Waals surface area contributed by atoms with E-state index in [0.717, 1.165) is 16.7 Å². The van der Waals surface area contributed by atoms with Crippen LogP contribution in [0.2, 0.25) is 10.0 Å². The number of hydrogen-bond acceptors (Lipinski definition) is 1. The summed E-state index contributed by atoms with van der Waals surface area (Å²) in [6.45, 7) is 4.81. The molecule has 0 saturated heterocycles. The van der Waals surface area contributed by atoms with Gasteiger partial charge in [0.2, 0.25) is 0 Å². The van der Waals surface area contributed by atoms with Crippen molar-refractivity contribution in [2.24, 2.45) is 0 Å². The quantitative estimate of drug-likeness (QED) is 0.808. The number of nitrogens with one attached hydrogen (secondary N) is 1. The van der Waals surface area contributed by atoms with E-state index in [2.05, 4.69) is 19.2 Å². The van der Waals surface area contributed by atoms with Gasteiger partial charge in [0.1, 0.15) is 5.82 Å². The predicted molar refractivity (Wildman–Crippen MR) is 83.8 cm³/mol. The molecule has 0 heterocycles. The standard InChI is InChI=1S/C16H16Cl2FN/c1-10(2)20-9-12-6-13(17)3-4-16(12)11-5-14(18)8-15(19)7-11/h3-8,10,20H,9H2,1-2H3. The molecule has 106 valence electrons. The molecule has 0 spiro atoms. The van der Waals surface area contributed by atoms with Crippen LogP contribution >= 0.6 is 23.2 Å². The molecule has 0 atom stereocenters. The Balaban J connectivity index is 2.44. The largest absolute Gasteiger partial charge is 0.310 e. The van der Waals surface area contributed by atoms with Crippen LogP contribution in [0.5, 0.6) is 0 Å². The molecule has 0 bridgehead atoms. The van der Waals surface area contributed by atoms with E-state index in [9.17, 15) is 4.39 Å². The molecule has 0 aliphatic rings. The summed E-state index contributed by atoms with van der Waals surface area (Å²) in [6, 6.07) is 10.5. The molecule has 0 fully saturated rings. The second-order valence-electron chi connectivity index (χ2n) is 5.00. The molecule has 4 heteroatoms. The van der Waals surface area contributed by atoms with E-state index < -0.39 is 0 Å².